The molecule has 0 aliphatic heterocycles. The maximum Gasteiger partial charge on any atom is 0.321 e. The summed E-state index contributed by atoms with van der Waals surface area (Å²) in [7, 11) is 1.80. The molecule has 3 amide bonds. The zero-order chi connectivity index (χ0) is 16.8. The molecule has 122 valence electrons. The Morgan fingerprint density at radius 2 is 2.26 bits per heavy atom. The molecule has 2 N–H and O–H groups in total. The summed E-state index contributed by atoms with van der Waals surface area (Å²) in [5.74, 6) is 1.04. The molecule has 0 aliphatic rings. The third kappa shape index (κ3) is 4.22. The van der Waals surface area contributed by atoms with Crippen LogP contribution in [0.15, 0.2) is 34.6 Å². The predicted octanol–water partition coefficient (Wildman–Crippen LogP) is 1.49. The van der Waals surface area contributed by atoms with E-state index in [1.165, 1.54) is 17.8 Å². The Hall–Kier alpha value is -2.55. The van der Waals surface area contributed by atoms with Crippen molar-refractivity contribution < 1.29 is 14.0 Å². The molecule has 8 nitrogen and oxygen atoms in total. The normalized spacial score (nSPS) is 10.3. The quantitative estimate of drug-likeness (QED) is 0.612. The topological polar surface area (TPSA) is 102 Å². The maximum absolute atomic E-state index is 11.7. The van der Waals surface area contributed by atoms with Crippen molar-refractivity contribution in [3.8, 4) is 11.4 Å². The molecule has 2 rings (SSSR count). The SMILES string of the molecule is C=CCNC(=O)NC(=O)CSc1nnc(-c2ccoc2C)n1C. The molecule has 0 radical (unpaired) electrons. The monoisotopic (exact) mass is 335 g/mol. The van der Waals surface area contributed by atoms with E-state index < -0.39 is 11.9 Å². The first kappa shape index (κ1) is 16.8. The van der Waals surface area contributed by atoms with Gasteiger partial charge in [-0.15, -0.1) is 16.8 Å². The molecule has 0 spiro atoms. The van der Waals surface area contributed by atoms with Crippen LogP contribution >= 0.6 is 11.8 Å². The molecule has 0 aliphatic carbocycles. The molecule has 0 unspecified atom stereocenters. The Bertz CT molecular complexity index is 722. The van der Waals surface area contributed by atoms with Gasteiger partial charge in [-0.25, -0.2) is 4.79 Å². The molecule has 9 heteroatoms. The van der Waals surface area contributed by atoms with Gasteiger partial charge in [0.05, 0.1) is 17.6 Å². The van der Waals surface area contributed by atoms with Crippen LogP contribution < -0.4 is 10.6 Å². The summed E-state index contributed by atoms with van der Waals surface area (Å²) in [4.78, 5) is 23.0. The summed E-state index contributed by atoms with van der Waals surface area (Å²) in [5.41, 5.74) is 0.847. The fourth-order valence-electron chi connectivity index (χ4n) is 1.79. The molecule has 2 aromatic heterocycles. The minimum atomic E-state index is -0.553. The number of nitrogens with one attached hydrogen (secondary N) is 2. The van der Waals surface area contributed by atoms with Gasteiger partial charge in [-0.05, 0) is 13.0 Å². The highest BCUT2D eigenvalue weighted by Crippen LogP contribution is 2.25. The van der Waals surface area contributed by atoms with E-state index in [1.807, 2.05) is 13.0 Å². The Morgan fingerprint density at radius 3 is 2.91 bits per heavy atom. The molecular weight excluding hydrogens is 318 g/mol. The molecule has 0 fully saturated rings. The second kappa shape index (κ2) is 7.63. The maximum atomic E-state index is 11.7. The fraction of sp³-hybridized carbons (Fsp3) is 0.286. The van der Waals surface area contributed by atoms with Crippen LogP contribution in [-0.4, -0.2) is 39.0 Å². The van der Waals surface area contributed by atoms with Gasteiger partial charge in [-0.1, -0.05) is 17.8 Å². The van der Waals surface area contributed by atoms with Crippen LogP contribution in [0.1, 0.15) is 5.76 Å². The lowest BCUT2D eigenvalue weighted by Gasteiger charge is -2.05. The first-order valence-electron chi connectivity index (χ1n) is 6.78. The number of aromatic nitrogens is 3. The Labute approximate surface area is 137 Å². The van der Waals surface area contributed by atoms with E-state index in [2.05, 4.69) is 27.4 Å². The van der Waals surface area contributed by atoms with Gasteiger partial charge in [0.25, 0.3) is 0 Å². The summed E-state index contributed by atoms with van der Waals surface area (Å²) in [6.45, 7) is 5.60. The van der Waals surface area contributed by atoms with Crippen LogP contribution in [0, 0.1) is 6.92 Å². The van der Waals surface area contributed by atoms with Crippen molar-refractivity contribution in [1.82, 2.24) is 25.4 Å². The number of urea groups is 1. The van der Waals surface area contributed by atoms with E-state index in [0.29, 0.717) is 17.5 Å². The molecular formula is C14H17N5O3S. The smallest absolute Gasteiger partial charge is 0.321 e. The van der Waals surface area contributed by atoms with E-state index in [9.17, 15) is 9.59 Å². The summed E-state index contributed by atoms with van der Waals surface area (Å²) < 4.78 is 7.03. The van der Waals surface area contributed by atoms with Gasteiger partial charge < -0.3 is 14.3 Å². The van der Waals surface area contributed by atoms with Crippen molar-refractivity contribution in [1.29, 1.82) is 0 Å². The summed E-state index contributed by atoms with van der Waals surface area (Å²) in [6, 6.07) is 1.26. The fourth-order valence-corrected chi connectivity index (χ4v) is 2.50. The van der Waals surface area contributed by atoms with Crippen LogP contribution in [0.3, 0.4) is 0 Å². The number of imide groups is 1. The highest BCUT2D eigenvalue weighted by Gasteiger charge is 2.16. The van der Waals surface area contributed by atoms with Gasteiger partial charge in [0, 0.05) is 13.6 Å². The zero-order valence-electron chi connectivity index (χ0n) is 12.8. The first-order valence-corrected chi connectivity index (χ1v) is 7.76. The van der Waals surface area contributed by atoms with Gasteiger partial charge in [0.15, 0.2) is 11.0 Å². The van der Waals surface area contributed by atoms with Crippen molar-refractivity contribution in [3.63, 3.8) is 0 Å². The summed E-state index contributed by atoms with van der Waals surface area (Å²) in [5, 5.41) is 13.4. The predicted molar refractivity (Wildman–Crippen MR) is 85.9 cm³/mol. The van der Waals surface area contributed by atoms with Gasteiger partial charge >= 0.3 is 6.03 Å². The minimum Gasteiger partial charge on any atom is -0.469 e. The minimum absolute atomic E-state index is 0.0534. The number of furan rings is 1. The number of hydrogen-bond donors (Lipinski definition) is 2. The molecule has 0 atom stereocenters. The highest BCUT2D eigenvalue weighted by molar-refractivity contribution is 7.99. The number of nitrogens with zero attached hydrogens (tertiary/aromatic N) is 3. The highest BCUT2D eigenvalue weighted by atomic mass is 32.2. The van der Waals surface area contributed by atoms with Gasteiger partial charge in [-0.3, -0.25) is 10.1 Å². The lowest BCUT2D eigenvalue weighted by molar-refractivity contribution is -0.117. The van der Waals surface area contributed by atoms with Crippen LogP contribution in [0.5, 0.6) is 0 Å². The standard InChI is InChI=1S/C14H17N5O3S/c1-4-6-15-13(21)16-11(20)8-23-14-18-17-12(19(14)3)10-5-7-22-9(10)2/h4-5,7H,1,6,8H2,2-3H3,(H2,15,16,20,21). The van der Waals surface area contributed by atoms with Crippen molar-refractivity contribution >= 4 is 23.7 Å². The van der Waals surface area contributed by atoms with Gasteiger partial charge in [-0.2, -0.15) is 0 Å². The Balaban J connectivity index is 1.93. The molecule has 0 bridgehead atoms. The zero-order valence-corrected chi connectivity index (χ0v) is 13.6. The number of rotatable bonds is 6. The van der Waals surface area contributed by atoms with E-state index in [1.54, 1.807) is 17.9 Å². The molecule has 0 aromatic carbocycles. The second-order valence-corrected chi connectivity index (χ2v) is 5.53. The molecule has 2 heterocycles. The number of aryl methyl sites for hydroxylation is 1. The average molecular weight is 335 g/mol. The van der Waals surface area contributed by atoms with Crippen molar-refractivity contribution in [2.24, 2.45) is 7.05 Å². The van der Waals surface area contributed by atoms with Gasteiger partial charge in [0.2, 0.25) is 5.91 Å². The lowest BCUT2D eigenvalue weighted by atomic mass is 10.2. The van der Waals surface area contributed by atoms with Gasteiger partial charge in [0.1, 0.15) is 5.76 Å². The van der Waals surface area contributed by atoms with E-state index in [-0.39, 0.29) is 5.75 Å². The average Bonchev–Trinajstić information content (AvgIpc) is 3.09. The van der Waals surface area contributed by atoms with Crippen LogP contribution in [-0.2, 0) is 11.8 Å². The van der Waals surface area contributed by atoms with Crippen molar-refractivity contribution in [3.05, 3.63) is 30.7 Å². The molecule has 23 heavy (non-hydrogen) atoms. The number of carbonyl (C=O) groups excluding carboxylic acids is 2. The van der Waals surface area contributed by atoms with Crippen molar-refractivity contribution in [2.75, 3.05) is 12.3 Å². The number of amides is 3. The lowest BCUT2D eigenvalue weighted by Crippen LogP contribution is -2.40. The van der Waals surface area contributed by atoms with Crippen LogP contribution in [0.2, 0.25) is 0 Å². The van der Waals surface area contributed by atoms with Crippen LogP contribution in [0.4, 0.5) is 4.79 Å². The largest absolute Gasteiger partial charge is 0.469 e. The van der Waals surface area contributed by atoms with Crippen molar-refractivity contribution in [2.45, 2.75) is 12.1 Å². The molecule has 2 aromatic rings. The first-order chi connectivity index (χ1) is 11.0. The van der Waals surface area contributed by atoms with Crippen LogP contribution in [0.25, 0.3) is 11.4 Å². The second-order valence-electron chi connectivity index (χ2n) is 4.59. The number of carbonyl (C=O) groups is 2. The van der Waals surface area contributed by atoms with E-state index >= 15 is 0 Å². The molecule has 0 saturated carbocycles. The van der Waals surface area contributed by atoms with E-state index in [0.717, 1.165) is 11.3 Å². The third-order valence-electron chi connectivity index (χ3n) is 2.93. The summed E-state index contributed by atoms with van der Waals surface area (Å²) in [6.07, 6.45) is 3.11. The Kier molecular flexibility index (Phi) is 5.58. The summed E-state index contributed by atoms with van der Waals surface area (Å²) >= 11 is 1.19. The molecule has 0 saturated heterocycles. The number of hydrogen-bond acceptors (Lipinski definition) is 6. The van der Waals surface area contributed by atoms with E-state index in [4.69, 9.17) is 4.42 Å². The third-order valence-corrected chi connectivity index (χ3v) is 3.95. The number of thioether (sulfide) groups is 1. The Morgan fingerprint density at radius 1 is 1.48 bits per heavy atom.